The highest BCUT2D eigenvalue weighted by atomic mass is 32.2. The second-order valence-corrected chi connectivity index (χ2v) is 5.09. The van der Waals surface area contributed by atoms with Gasteiger partial charge in [-0.25, -0.2) is 4.98 Å². The first-order valence-corrected chi connectivity index (χ1v) is 7.65. The number of thioether (sulfide) groups is 1. The maximum absolute atomic E-state index is 11.4. The van der Waals surface area contributed by atoms with E-state index >= 15 is 0 Å². The van der Waals surface area contributed by atoms with Crippen molar-refractivity contribution in [1.82, 2.24) is 4.98 Å². The molecule has 0 saturated carbocycles. The molecule has 0 aliphatic heterocycles. The Labute approximate surface area is 130 Å². The van der Waals surface area contributed by atoms with Gasteiger partial charge in [-0.1, -0.05) is 0 Å². The van der Waals surface area contributed by atoms with Crippen molar-refractivity contribution in [2.24, 2.45) is 0 Å². The number of benzene rings is 1. The van der Waals surface area contributed by atoms with Gasteiger partial charge in [0.25, 0.3) is 5.69 Å². The van der Waals surface area contributed by atoms with Crippen molar-refractivity contribution in [2.45, 2.75) is 0 Å². The minimum absolute atomic E-state index is 0.0711. The van der Waals surface area contributed by atoms with E-state index in [1.54, 1.807) is 24.3 Å². The zero-order chi connectivity index (χ0) is 15.9. The smallest absolute Gasteiger partial charge is 0.287 e. The number of ether oxygens (including phenoxy) is 1. The van der Waals surface area contributed by atoms with E-state index in [1.165, 1.54) is 23.9 Å². The molecule has 7 nitrogen and oxygen atoms in total. The molecule has 1 N–H and O–H groups in total. The number of amides is 1. The zero-order valence-corrected chi connectivity index (χ0v) is 12.5. The number of hydrogen-bond acceptors (Lipinski definition) is 6. The molecule has 1 aromatic heterocycles. The van der Waals surface area contributed by atoms with Crippen molar-refractivity contribution in [3.05, 3.63) is 52.7 Å². The summed E-state index contributed by atoms with van der Waals surface area (Å²) in [5.74, 6) is 1.09. The third kappa shape index (κ3) is 4.45. The van der Waals surface area contributed by atoms with Crippen molar-refractivity contribution < 1.29 is 14.5 Å². The summed E-state index contributed by atoms with van der Waals surface area (Å²) < 4.78 is 5.47. The number of aromatic nitrogens is 1. The maximum atomic E-state index is 11.4. The number of carbonyl (C=O) groups excluding carboxylic acids is 1. The standard InChI is InChI=1S/C14H13N3O4S/c1-22-9-13(18)16-10-2-5-12(6-3-10)21-14-7-4-11(8-15-14)17(19)20/h2-8H,9H2,1H3,(H,16,18). The highest BCUT2D eigenvalue weighted by Gasteiger charge is 2.07. The van der Waals surface area contributed by atoms with Gasteiger partial charge >= 0.3 is 0 Å². The molecule has 0 radical (unpaired) electrons. The van der Waals surface area contributed by atoms with E-state index < -0.39 is 4.92 Å². The Hall–Kier alpha value is -2.61. The van der Waals surface area contributed by atoms with Crippen molar-refractivity contribution in [3.8, 4) is 11.6 Å². The van der Waals surface area contributed by atoms with Gasteiger partial charge in [0.1, 0.15) is 11.9 Å². The molecule has 0 atom stereocenters. The Morgan fingerprint density at radius 2 is 2.05 bits per heavy atom. The normalized spacial score (nSPS) is 10.0. The number of nitrogens with zero attached hydrogens (tertiary/aromatic N) is 2. The minimum atomic E-state index is -0.525. The van der Waals surface area contributed by atoms with Gasteiger partial charge in [-0.2, -0.15) is 11.8 Å². The van der Waals surface area contributed by atoms with Gasteiger partial charge in [0.2, 0.25) is 11.8 Å². The average Bonchev–Trinajstić information content (AvgIpc) is 2.50. The van der Waals surface area contributed by atoms with Gasteiger partial charge in [0.15, 0.2) is 0 Å². The van der Waals surface area contributed by atoms with Crippen LogP contribution in [0.5, 0.6) is 11.6 Å². The van der Waals surface area contributed by atoms with Gasteiger partial charge < -0.3 is 10.1 Å². The Morgan fingerprint density at radius 3 is 2.59 bits per heavy atom. The lowest BCUT2D eigenvalue weighted by Gasteiger charge is -2.07. The predicted molar refractivity (Wildman–Crippen MR) is 84.4 cm³/mol. The number of hydrogen-bond donors (Lipinski definition) is 1. The van der Waals surface area contributed by atoms with Crippen LogP contribution in [0.25, 0.3) is 0 Å². The Morgan fingerprint density at radius 1 is 1.32 bits per heavy atom. The zero-order valence-electron chi connectivity index (χ0n) is 11.7. The van der Waals surface area contributed by atoms with Crippen LogP contribution in [-0.2, 0) is 4.79 Å². The molecule has 2 aromatic rings. The third-order valence-electron chi connectivity index (χ3n) is 2.57. The molecule has 8 heteroatoms. The molecule has 0 aliphatic carbocycles. The highest BCUT2D eigenvalue weighted by molar-refractivity contribution is 7.99. The minimum Gasteiger partial charge on any atom is -0.439 e. The van der Waals surface area contributed by atoms with E-state index in [1.807, 2.05) is 6.26 Å². The molecule has 0 unspecified atom stereocenters. The molecule has 0 saturated heterocycles. The first-order chi connectivity index (χ1) is 10.6. The van der Waals surface area contributed by atoms with Crippen LogP contribution in [0.15, 0.2) is 42.6 Å². The van der Waals surface area contributed by atoms with Gasteiger partial charge in [0, 0.05) is 17.8 Å². The fraction of sp³-hybridized carbons (Fsp3) is 0.143. The summed E-state index contributed by atoms with van der Waals surface area (Å²) in [5, 5.41) is 13.3. The van der Waals surface area contributed by atoms with Crippen LogP contribution in [0.4, 0.5) is 11.4 Å². The molecule has 0 spiro atoms. The molecule has 2 rings (SSSR count). The summed E-state index contributed by atoms with van der Waals surface area (Å²) in [4.78, 5) is 25.3. The molecule has 114 valence electrons. The first-order valence-electron chi connectivity index (χ1n) is 6.25. The van der Waals surface area contributed by atoms with E-state index in [0.717, 1.165) is 6.20 Å². The predicted octanol–water partition coefficient (Wildman–Crippen LogP) is 3.08. The van der Waals surface area contributed by atoms with Crippen LogP contribution in [0.1, 0.15) is 0 Å². The van der Waals surface area contributed by atoms with Gasteiger partial charge in [-0.05, 0) is 30.5 Å². The number of nitro groups is 1. The molecule has 22 heavy (non-hydrogen) atoms. The molecule has 1 aromatic carbocycles. The lowest BCUT2D eigenvalue weighted by Crippen LogP contribution is -2.13. The van der Waals surface area contributed by atoms with Crippen LogP contribution >= 0.6 is 11.8 Å². The summed E-state index contributed by atoms with van der Waals surface area (Å²) >= 11 is 1.44. The van der Waals surface area contributed by atoms with Crippen LogP contribution in [-0.4, -0.2) is 27.8 Å². The molecular formula is C14H13N3O4S. The second kappa shape index (κ2) is 7.41. The van der Waals surface area contributed by atoms with E-state index in [4.69, 9.17) is 4.74 Å². The number of anilines is 1. The van der Waals surface area contributed by atoms with Crippen molar-refractivity contribution in [1.29, 1.82) is 0 Å². The van der Waals surface area contributed by atoms with Gasteiger partial charge in [0.05, 0.1) is 10.7 Å². The van der Waals surface area contributed by atoms with E-state index in [9.17, 15) is 14.9 Å². The van der Waals surface area contributed by atoms with E-state index in [0.29, 0.717) is 17.2 Å². The third-order valence-corrected chi connectivity index (χ3v) is 3.12. The maximum Gasteiger partial charge on any atom is 0.287 e. The summed E-state index contributed by atoms with van der Waals surface area (Å²) in [6.07, 6.45) is 2.99. The fourth-order valence-electron chi connectivity index (χ4n) is 1.60. The van der Waals surface area contributed by atoms with Crippen molar-refractivity contribution in [3.63, 3.8) is 0 Å². The summed E-state index contributed by atoms with van der Waals surface area (Å²) in [6.45, 7) is 0. The van der Waals surface area contributed by atoms with E-state index in [-0.39, 0.29) is 17.5 Å². The summed E-state index contributed by atoms with van der Waals surface area (Å²) in [5.41, 5.74) is 0.572. The summed E-state index contributed by atoms with van der Waals surface area (Å²) in [6, 6.07) is 9.51. The van der Waals surface area contributed by atoms with Crippen LogP contribution in [0.2, 0.25) is 0 Å². The van der Waals surface area contributed by atoms with Crippen LogP contribution in [0.3, 0.4) is 0 Å². The molecular weight excluding hydrogens is 306 g/mol. The number of pyridine rings is 1. The quantitative estimate of drug-likeness (QED) is 0.649. The monoisotopic (exact) mass is 319 g/mol. The first kappa shape index (κ1) is 15.8. The largest absolute Gasteiger partial charge is 0.439 e. The Balaban J connectivity index is 1.98. The number of nitrogens with one attached hydrogen (secondary N) is 1. The van der Waals surface area contributed by atoms with Crippen LogP contribution < -0.4 is 10.1 Å². The average molecular weight is 319 g/mol. The Kier molecular flexibility index (Phi) is 5.31. The molecule has 1 amide bonds. The molecule has 0 bridgehead atoms. The van der Waals surface area contributed by atoms with Gasteiger partial charge in [-0.15, -0.1) is 0 Å². The Bertz CT molecular complexity index is 659. The SMILES string of the molecule is CSCC(=O)Nc1ccc(Oc2ccc([N+](=O)[O-])cn2)cc1. The van der Waals surface area contributed by atoms with Crippen molar-refractivity contribution in [2.75, 3.05) is 17.3 Å². The lowest BCUT2D eigenvalue weighted by molar-refractivity contribution is -0.385. The molecule has 0 aliphatic rings. The number of carbonyl (C=O) groups is 1. The van der Waals surface area contributed by atoms with Crippen molar-refractivity contribution >= 4 is 29.0 Å². The topological polar surface area (TPSA) is 94.4 Å². The number of rotatable bonds is 6. The second-order valence-electron chi connectivity index (χ2n) is 4.22. The van der Waals surface area contributed by atoms with Crippen LogP contribution in [0, 0.1) is 10.1 Å². The highest BCUT2D eigenvalue weighted by Crippen LogP contribution is 2.22. The van der Waals surface area contributed by atoms with Gasteiger partial charge in [-0.3, -0.25) is 14.9 Å². The fourth-order valence-corrected chi connectivity index (χ4v) is 1.93. The van der Waals surface area contributed by atoms with E-state index in [2.05, 4.69) is 10.3 Å². The molecule has 1 heterocycles. The molecule has 0 fully saturated rings. The lowest BCUT2D eigenvalue weighted by atomic mass is 10.3. The summed E-state index contributed by atoms with van der Waals surface area (Å²) in [7, 11) is 0.